The molecule has 2 aromatic carbocycles. The van der Waals surface area contributed by atoms with Crippen LogP contribution >= 0.6 is 0 Å². The number of hydrogen-bond acceptors (Lipinski definition) is 6. The Bertz CT molecular complexity index is 1260. The van der Waals surface area contributed by atoms with Crippen LogP contribution in [-0.2, 0) is 27.8 Å². The Morgan fingerprint density at radius 3 is 2.42 bits per heavy atom. The topological polar surface area (TPSA) is 95.5 Å². The molecule has 1 aliphatic rings. The molecule has 1 aliphatic heterocycles. The van der Waals surface area contributed by atoms with Crippen molar-refractivity contribution in [2.45, 2.75) is 31.7 Å². The SMILES string of the molecule is CCN(C)c1nc(-c2ccccc2)nc2c1CN(S(=O)(=O)c1ccc(NC(C)=O)cc1)CC2. The van der Waals surface area contributed by atoms with Crippen molar-refractivity contribution < 1.29 is 13.2 Å². The maximum atomic E-state index is 13.4. The van der Waals surface area contributed by atoms with Crippen molar-refractivity contribution in [1.82, 2.24) is 14.3 Å². The number of carbonyl (C=O) groups excluding carboxylic acids is 1. The van der Waals surface area contributed by atoms with Crippen molar-refractivity contribution in [3.8, 4) is 11.4 Å². The smallest absolute Gasteiger partial charge is 0.243 e. The molecule has 0 aliphatic carbocycles. The molecule has 1 aromatic heterocycles. The van der Waals surface area contributed by atoms with Crippen LogP contribution in [0.1, 0.15) is 25.1 Å². The molecule has 0 radical (unpaired) electrons. The highest BCUT2D eigenvalue weighted by atomic mass is 32.2. The van der Waals surface area contributed by atoms with Crippen molar-refractivity contribution in [1.29, 1.82) is 0 Å². The van der Waals surface area contributed by atoms with Crippen LogP contribution in [0.25, 0.3) is 11.4 Å². The second-order valence-corrected chi connectivity index (χ2v) is 9.91. The summed E-state index contributed by atoms with van der Waals surface area (Å²) in [6.45, 7) is 4.72. The van der Waals surface area contributed by atoms with E-state index in [1.807, 2.05) is 49.2 Å². The van der Waals surface area contributed by atoms with Crippen LogP contribution < -0.4 is 10.2 Å². The summed E-state index contributed by atoms with van der Waals surface area (Å²) in [5.74, 6) is 1.19. The Morgan fingerprint density at radius 1 is 1.09 bits per heavy atom. The number of nitrogens with one attached hydrogen (secondary N) is 1. The predicted octanol–water partition coefficient (Wildman–Crippen LogP) is 3.31. The van der Waals surface area contributed by atoms with E-state index in [0.717, 1.165) is 29.2 Å². The summed E-state index contributed by atoms with van der Waals surface area (Å²) in [6, 6.07) is 16.0. The van der Waals surface area contributed by atoms with Gasteiger partial charge in [-0.05, 0) is 31.2 Å². The van der Waals surface area contributed by atoms with Gasteiger partial charge in [0.2, 0.25) is 15.9 Å². The van der Waals surface area contributed by atoms with Gasteiger partial charge in [0.05, 0.1) is 10.6 Å². The van der Waals surface area contributed by atoms with E-state index in [2.05, 4.69) is 5.32 Å². The number of aromatic nitrogens is 2. The normalized spacial score (nSPS) is 13.9. The number of rotatable bonds is 6. The molecule has 0 atom stereocenters. The van der Waals surface area contributed by atoms with Crippen molar-refractivity contribution >= 4 is 27.4 Å². The number of fused-ring (bicyclic) bond motifs is 1. The van der Waals surface area contributed by atoms with Gasteiger partial charge in [0.25, 0.3) is 0 Å². The molecule has 0 saturated heterocycles. The van der Waals surface area contributed by atoms with Gasteiger partial charge in [-0.2, -0.15) is 4.31 Å². The van der Waals surface area contributed by atoms with Crippen LogP contribution in [0.5, 0.6) is 0 Å². The molecule has 1 N–H and O–H groups in total. The number of anilines is 2. The van der Waals surface area contributed by atoms with Crippen LogP contribution in [-0.4, -0.2) is 48.7 Å². The summed E-state index contributed by atoms with van der Waals surface area (Å²) in [7, 11) is -1.76. The van der Waals surface area contributed by atoms with Gasteiger partial charge in [0.15, 0.2) is 5.82 Å². The zero-order valence-electron chi connectivity index (χ0n) is 18.9. The van der Waals surface area contributed by atoms with Crippen molar-refractivity contribution in [2.24, 2.45) is 0 Å². The summed E-state index contributed by atoms with van der Waals surface area (Å²) in [5.41, 5.74) is 3.20. The first-order valence-corrected chi connectivity index (χ1v) is 12.3. The van der Waals surface area contributed by atoms with Gasteiger partial charge in [0, 0.05) is 56.8 Å². The standard InChI is InChI=1S/C24H27N5O3S/c1-4-28(3)24-21-16-29(33(31,32)20-12-10-19(11-13-20)25-17(2)30)15-14-22(21)26-23(27-24)18-8-6-5-7-9-18/h5-13H,4,14-16H2,1-3H3,(H,25,30). The summed E-state index contributed by atoms with van der Waals surface area (Å²) < 4.78 is 28.2. The summed E-state index contributed by atoms with van der Waals surface area (Å²) in [5, 5.41) is 2.65. The Labute approximate surface area is 194 Å². The molecule has 33 heavy (non-hydrogen) atoms. The van der Waals surface area contributed by atoms with Gasteiger partial charge >= 0.3 is 0 Å². The largest absolute Gasteiger partial charge is 0.360 e. The minimum atomic E-state index is -3.71. The second kappa shape index (κ2) is 9.29. The van der Waals surface area contributed by atoms with Crippen molar-refractivity contribution in [2.75, 3.05) is 30.4 Å². The minimum Gasteiger partial charge on any atom is -0.360 e. The van der Waals surface area contributed by atoms with E-state index in [0.29, 0.717) is 24.5 Å². The van der Waals surface area contributed by atoms with Crippen molar-refractivity contribution in [3.05, 3.63) is 65.9 Å². The molecule has 172 valence electrons. The third kappa shape index (κ3) is 4.74. The van der Waals surface area contributed by atoms with E-state index in [9.17, 15) is 13.2 Å². The number of benzene rings is 2. The van der Waals surface area contributed by atoms with Gasteiger partial charge in [-0.3, -0.25) is 4.79 Å². The highest BCUT2D eigenvalue weighted by Gasteiger charge is 2.32. The van der Waals surface area contributed by atoms with E-state index in [-0.39, 0.29) is 17.3 Å². The predicted molar refractivity (Wildman–Crippen MR) is 128 cm³/mol. The molecular formula is C24H27N5O3S. The second-order valence-electron chi connectivity index (χ2n) is 7.97. The van der Waals surface area contributed by atoms with Gasteiger partial charge < -0.3 is 10.2 Å². The summed E-state index contributed by atoms with van der Waals surface area (Å²) in [6.07, 6.45) is 0.505. The van der Waals surface area contributed by atoms with Gasteiger partial charge in [-0.1, -0.05) is 30.3 Å². The van der Waals surface area contributed by atoms with E-state index in [1.54, 1.807) is 12.1 Å². The van der Waals surface area contributed by atoms with Crippen LogP contribution in [0.4, 0.5) is 11.5 Å². The quantitative estimate of drug-likeness (QED) is 0.600. The molecule has 3 aromatic rings. The minimum absolute atomic E-state index is 0.187. The fourth-order valence-corrected chi connectivity index (χ4v) is 5.23. The van der Waals surface area contributed by atoms with E-state index < -0.39 is 10.0 Å². The molecule has 8 nitrogen and oxygen atoms in total. The highest BCUT2D eigenvalue weighted by molar-refractivity contribution is 7.89. The first kappa shape index (κ1) is 22.9. The zero-order valence-corrected chi connectivity index (χ0v) is 19.8. The lowest BCUT2D eigenvalue weighted by atomic mass is 10.1. The molecule has 0 saturated carbocycles. The fourth-order valence-electron chi connectivity index (χ4n) is 3.82. The molecule has 9 heteroatoms. The van der Waals surface area contributed by atoms with Crippen LogP contribution in [0.2, 0.25) is 0 Å². The average molecular weight is 466 g/mol. The van der Waals surface area contributed by atoms with E-state index in [1.165, 1.54) is 23.4 Å². The fraction of sp³-hybridized carbons (Fsp3) is 0.292. The van der Waals surface area contributed by atoms with Gasteiger partial charge in [0.1, 0.15) is 5.82 Å². The third-order valence-electron chi connectivity index (χ3n) is 5.68. The van der Waals surface area contributed by atoms with E-state index >= 15 is 0 Å². The maximum Gasteiger partial charge on any atom is 0.243 e. The van der Waals surface area contributed by atoms with Crippen LogP contribution in [0.15, 0.2) is 59.5 Å². The van der Waals surface area contributed by atoms with Crippen LogP contribution in [0, 0.1) is 0 Å². The van der Waals surface area contributed by atoms with Crippen molar-refractivity contribution in [3.63, 3.8) is 0 Å². The summed E-state index contributed by atoms with van der Waals surface area (Å²) in [4.78, 5) is 23.0. The monoisotopic (exact) mass is 465 g/mol. The Balaban J connectivity index is 1.68. The van der Waals surface area contributed by atoms with Crippen LogP contribution in [0.3, 0.4) is 0 Å². The Morgan fingerprint density at radius 2 is 1.79 bits per heavy atom. The molecule has 2 heterocycles. The van der Waals surface area contributed by atoms with E-state index in [4.69, 9.17) is 9.97 Å². The zero-order chi connectivity index (χ0) is 23.6. The Kier molecular flexibility index (Phi) is 6.44. The van der Waals surface area contributed by atoms with Gasteiger partial charge in [-0.15, -0.1) is 0 Å². The first-order valence-electron chi connectivity index (χ1n) is 10.8. The molecule has 0 fully saturated rings. The molecule has 0 spiro atoms. The lowest BCUT2D eigenvalue weighted by Crippen LogP contribution is -2.37. The lowest BCUT2D eigenvalue weighted by Gasteiger charge is -2.31. The Hall–Kier alpha value is -3.30. The third-order valence-corrected chi connectivity index (χ3v) is 7.54. The first-order chi connectivity index (χ1) is 15.8. The number of carbonyl (C=O) groups is 1. The van der Waals surface area contributed by atoms with Gasteiger partial charge in [-0.25, -0.2) is 18.4 Å². The maximum absolute atomic E-state index is 13.4. The molecule has 1 amide bonds. The number of sulfonamides is 1. The molecular weight excluding hydrogens is 438 g/mol. The summed E-state index contributed by atoms with van der Waals surface area (Å²) >= 11 is 0. The molecule has 4 rings (SSSR count). The average Bonchev–Trinajstić information content (AvgIpc) is 2.83. The highest BCUT2D eigenvalue weighted by Crippen LogP contribution is 2.31. The lowest BCUT2D eigenvalue weighted by molar-refractivity contribution is -0.114. The number of hydrogen-bond donors (Lipinski definition) is 1. The molecule has 0 unspecified atom stereocenters. The molecule has 0 bridgehead atoms. The number of amides is 1. The number of nitrogens with zero attached hydrogens (tertiary/aromatic N) is 4.